The SMILES string of the molecule is CCC1CC2CC(C1)CC(CCc1ccccc1)C(C)C2. The summed E-state index contributed by atoms with van der Waals surface area (Å²) in [6.07, 6.45) is 11.7. The van der Waals surface area contributed by atoms with Crippen molar-refractivity contribution in [3.05, 3.63) is 35.9 Å². The van der Waals surface area contributed by atoms with Crippen LogP contribution >= 0.6 is 0 Å². The lowest BCUT2D eigenvalue weighted by Crippen LogP contribution is -2.21. The monoisotopic (exact) mass is 284 g/mol. The summed E-state index contributed by atoms with van der Waals surface area (Å²) in [6.45, 7) is 4.94. The second-order valence-electron chi connectivity index (χ2n) is 7.95. The predicted octanol–water partition coefficient (Wildman–Crippen LogP) is 6.11. The average Bonchev–Trinajstić information content (AvgIpc) is 2.61. The Morgan fingerprint density at radius 1 is 0.905 bits per heavy atom. The minimum atomic E-state index is 0.944. The van der Waals surface area contributed by atoms with Gasteiger partial charge in [0.2, 0.25) is 0 Å². The van der Waals surface area contributed by atoms with Gasteiger partial charge in [0, 0.05) is 0 Å². The van der Waals surface area contributed by atoms with Gasteiger partial charge in [-0.1, -0.05) is 50.6 Å². The van der Waals surface area contributed by atoms with Crippen molar-refractivity contribution >= 4 is 0 Å². The number of hydrogen-bond donors (Lipinski definition) is 0. The fraction of sp³-hybridized carbons (Fsp3) is 0.714. The first-order chi connectivity index (χ1) is 10.2. The van der Waals surface area contributed by atoms with Crippen molar-refractivity contribution in [3.8, 4) is 0 Å². The fourth-order valence-corrected chi connectivity index (χ4v) is 5.20. The molecule has 0 aromatic heterocycles. The van der Waals surface area contributed by atoms with Crippen molar-refractivity contribution in [1.29, 1.82) is 0 Å². The summed E-state index contributed by atoms with van der Waals surface area (Å²) < 4.78 is 0. The molecular formula is C21H32. The molecule has 0 heterocycles. The second-order valence-corrected chi connectivity index (χ2v) is 7.95. The van der Waals surface area contributed by atoms with Gasteiger partial charge in [0.25, 0.3) is 0 Å². The summed E-state index contributed by atoms with van der Waals surface area (Å²) in [5, 5.41) is 0. The van der Waals surface area contributed by atoms with Crippen LogP contribution < -0.4 is 0 Å². The second kappa shape index (κ2) is 6.99. The third-order valence-corrected chi connectivity index (χ3v) is 6.37. The molecule has 0 nitrogen and oxygen atoms in total. The zero-order valence-corrected chi connectivity index (χ0v) is 13.9. The first kappa shape index (κ1) is 15.1. The summed E-state index contributed by atoms with van der Waals surface area (Å²) in [4.78, 5) is 0. The highest BCUT2D eigenvalue weighted by molar-refractivity contribution is 5.14. The van der Waals surface area contributed by atoms with E-state index < -0.39 is 0 Å². The average molecular weight is 284 g/mol. The molecule has 5 atom stereocenters. The Hall–Kier alpha value is -0.780. The highest BCUT2D eigenvalue weighted by Gasteiger charge is 2.35. The molecule has 0 spiro atoms. The minimum Gasteiger partial charge on any atom is -0.0651 e. The highest BCUT2D eigenvalue weighted by atomic mass is 14.4. The fourth-order valence-electron chi connectivity index (χ4n) is 5.20. The molecule has 116 valence electrons. The Bertz CT molecular complexity index is 419. The topological polar surface area (TPSA) is 0 Å². The maximum Gasteiger partial charge on any atom is -0.0276 e. The summed E-state index contributed by atoms with van der Waals surface area (Å²) in [5.74, 6) is 5.04. The van der Waals surface area contributed by atoms with Gasteiger partial charge in [-0.25, -0.2) is 0 Å². The van der Waals surface area contributed by atoms with Crippen LogP contribution in [0.5, 0.6) is 0 Å². The molecular weight excluding hydrogens is 252 g/mol. The molecule has 1 aromatic rings. The molecule has 0 aliphatic heterocycles. The van der Waals surface area contributed by atoms with Gasteiger partial charge < -0.3 is 0 Å². The number of benzene rings is 1. The Balaban J connectivity index is 1.60. The molecule has 21 heavy (non-hydrogen) atoms. The molecule has 0 saturated heterocycles. The van der Waals surface area contributed by atoms with E-state index in [2.05, 4.69) is 44.2 Å². The third-order valence-electron chi connectivity index (χ3n) is 6.37. The molecule has 5 unspecified atom stereocenters. The smallest absolute Gasteiger partial charge is 0.0276 e. The molecule has 1 aromatic carbocycles. The van der Waals surface area contributed by atoms with Crippen LogP contribution in [-0.4, -0.2) is 0 Å². The molecule has 0 heteroatoms. The minimum absolute atomic E-state index is 0.944. The summed E-state index contributed by atoms with van der Waals surface area (Å²) in [7, 11) is 0. The zero-order valence-electron chi connectivity index (χ0n) is 13.9. The van der Waals surface area contributed by atoms with E-state index in [9.17, 15) is 0 Å². The predicted molar refractivity (Wildman–Crippen MR) is 91.3 cm³/mol. The van der Waals surface area contributed by atoms with E-state index in [0.717, 1.165) is 29.6 Å². The van der Waals surface area contributed by atoms with E-state index in [0.29, 0.717) is 0 Å². The number of hydrogen-bond acceptors (Lipinski definition) is 0. The van der Waals surface area contributed by atoms with Crippen LogP contribution in [0.2, 0.25) is 0 Å². The van der Waals surface area contributed by atoms with Gasteiger partial charge in [-0.3, -0.25) is 0 Å². The molecule has 2 fully saturated rings. The van der Waals surface area contributed by atoms with Crippen molar-refractivity contribution in [2.75, 3.05) is 0 Å². The molecule has 2 saturated carbocycles. The van der Waals surface area contributed by atoms with Crippen LogP contribution in [0.15, 0.2) is 30.3 Å². The van der Waals surface area contributed by atoms with Gasteiger partial charge in [-0.2, -0.15) is 0 Å². The summed E-state index contributed by atoms with van der Waals surface area (Å²) in [6, 6.07) is 11.1. The van der Waals surface area contributed by atoms with Gasteiger partial charge in [0.15, 0.2) is 0 Å². The van der Waals surface area contributed by atoms with Crippen molar-refractivity contribution in [1.82, 2.24) is 0 Å². The molecule has 0 radical (unpaired) electrons. The Morgan fingerprint density at radius 3 is 2.33 bits per heavy atom. The Kier molecular flexibility index (Phi) is 5.03. The van der Waals surface area contributed by atoms with Crippen molar-refractivity contribution in [3.63, 3.8) is 0 Å². The van der Waals surface area contributed by atoms with Crippen LogP contribution in [0.4, 0.5) is 0 Å². The van der Waals surface area contributed by atoms with Crippen molar-refractivity contribution in [2.24, 2.45) is 29.6 Å². The number of aryl methyl sites for hydroxylation is 1. The first-order valence-electron chi connectivity index (χ1n) is 9.28. The first-order valence-corrected chi connectivity index (χ1v) is 9.28. The van der Waals surface area contributed by atoms with Gasteiger partial charge in [0.05, 0.1) is 0 Å². The van der Waals surface area contributed by atoms with Crippen LogP contribution in [0, 0.1) is 29.6 Å². The van der Waals surface area contributed by atoms with E-state index in [1.165, 1.54) is 50.5 Å². The van der Waals surface area contributed by atoms with E-state index in [1.54, 1.807) is 6.42 Å². The van der Waals surface area contributed by atoms with E-state index >= 15 is 0 Å². The normalized spacial score (nSPS) is 36.2. The quantitative estimate of drug-likeness (QED) is 0.626. The maximum absolute atomic E-state index is 2.54. The van der Waals surface area contributed by atoms with Crippen LogP contribution in [0.1, 0.15) is 64.4 Å². The lowest BCUT2D eigenvalue weighted by molar-refractivity contribution is 0.188. The third kappa shape index (κ3) is 3.90. The van der Waals surface area contributed by atoms with Gasteiger partial charge >= 0.3 is 0 Å². The molecule has 0 N–H and O–H groups in total. The van der Waals surface area contributed by atoms with Crippen LogP contribution in [0.25, 0.3) is 0 Å². The zero-order chi connectivity index (χ0) is 14.7. The largest absolute Gasteiger partial charge is 0.0651 e. The maximum atomic E-state index is 2.54. The Morgan fingerprint density at radius 2 is 1.62 bits per heavy atom. The molecule has 2 aliphatic carbocycles. The molecule has 3 rings (SSSR count). The highest BCUT2D eigenvalue weighted by Crippen LogP contribution is 2.46. The molecule has 0 amide bonds. The van der Waals surface area contributed by atoms with Crippen LogP contribution in [0.3, 0.4) is 0 Å². The van der Waals surface area contributed by atoms with E-state index in [-0.39, 0.29) is 0 Å². The van der Waals surface area contributed by atoms with E-state index in [1.807, 2.05) is 0 Å². The van der Waals surface area contributed by atoms with Crippen molar-refractivity contribution in [2.45, 2.75) is 65.2 Å². The lowest BCUT2D eigenvalue weighted by Gasteiger charge is -2.33. The molecule has 2 aliphatic rings. The van der Waals surface area contributed by atoms with Gasteiger partial charge in [-0.15, -0.1) is 0 Å². The van der Waals surface area contributed by atoms with E-state index in [4.69, 9.17) is 0 Å². The summed E-state index contributed by atoms with van der Waals surface area (Å²) >= 11 is 0. The van der Waals surface area contributed by atoms with Crippen LogP contribution in [-0.2, 0) is 6.42 Å². The number of fused-ring (bicyclic) bond motifs is 2. The van der Waals surface area contributed by atoms with Crippen molar-refractivity contribution < 1.29 is 0 Å². The standard InChI is InChI=1S/C21H32/c1-3-17-12-19-11-16(2)21(15-20(13-17)14-19)10-9-18-7-5-4-6-8-18/h4-8,16-17,19-21H,3,9-15H2,1-2H3. The number of rotatable bonds is 4. The summed E-state index contributed by atoms with van der Waals surface area (Å²) in [5.41, 5.74) is 1.53. The molecule has 2 bridgehead atoms. The van der Waals surface area contributed by atoms with Gasteiger partial charge in [-0.05, 0) is 80.1 Å². The van der Waals surface area contributed by atoms with Gasteiger partial charge in [0.1, 0.15) is 0 Å². The Labute approximate surface area is 131 Å². The lowest BCUT2D eigenvalue weighted by atomic mass is 9.73.